The van der Waals surface area contributed by atoms with Crippen molar-refractivity contribution in [1.82, 2.24) is 10.1 Å². The Morgan fingerprint density at radius 1 is 1.37 bits per heavy atom. The molecule has 3 N–H and O–H groups in total. The zero-order valence-corrected chi connectivity index (χ0v) is 10.7. The number of ether oxygens (including phenoxy) is 1. The fraction of sp³-hybridized carbons (Fsp3) is 0.385. The average molecular weight is 263 g/mol. The molecule has 0 radical (unpaired) electrons. The van der Waals surface area contributed by atoms with Crippen LogP contribution >= 0.6 is 0 Å². The lowest BCUT2D eigenvalue weighted by Gasteiger charge is -2.13. The number of benzene rings is 1. The minimum atomic E-state index is -0.667. The minimum Gasteiger partial charge on any atom is -0.394 e. The lowest BCUT2D eigenvalue weighted by molar-refractivity contribution is 0.0833. The second kappa shape index (κ2) is 6.42. The number of hydrogen-bond acceptors (Lipinski definition) is 6. The molecule has 2 rings (SSSR count). The predicted octanol–water partition coefficient (Wildman–Crippen LogP) is 1.19. The maximum Gasteiger partial charge on any atom is 0.246 e. The fourth-order valence-electron chi connectivity index (χ4n) is 1.70. The van der Waals surface area contributed by atoms with Crippen LogP contribution in [0, 0.1) is 0 Å². The number of aliphatic hydroxyl groups is 1. The highest BCUT2D eigenvalue weighted by atomic mass is 16.5. The third kappa shape index (κ3) is 3.17. The summed E-state index contributed by atoms with van der Waals surface area (Å²) in [6.07, 6.45) is -0.394. The third-order valence-electron chi connectivity index (χ3n) is 2.64. The molecule has 0 saturated heterocycles. The number of aliphatic hydroxyl groups excluding tert-OH is 1. The van der Waals surface area contributed by atoms with Gasteiger partial charge in [0.2, 0.25) is 11.7 Å². The van der Waals surface area contributed by atoms with Crippen LogP contribution in [0.2, 0.25) is 0 Å². The normalized spacial score (nSPS) is 14.3. The van der Waals surface area contributed by atoms with Crippen molar-refractivity contribution in [3.05, 3.63) is 47.6 Å². The summed E-state index contributed by atoms with van der Waals surface area (Å²) in [5.74, 6) is 0.616. The van der Waals surface area contributed by atoms with Gasteiger partial charge in [-0.25, -0.2) is 0 Å². The number of nitrogens with two attached hydrogens (primary N) is 1. The minimum absolute atomic E-state index is 0.207. The molecule has 0 bridgehead atoms. The van der Waals surface area contributed by atoms with E-state index in [0.29, 0.717) is 12.4 Å². The van der Waals surface area contributed by atoms with E-state index in [0.717, 1.165) is 5.56 Å². The first-order valence-corrected chi connectivity index (χ1v) is 6.12. The van der Waals surface area contributed by atoms with Crippen molar-refractivity contribution in [2.24, 2.45) is 5.73 Å². The van der Waals surface area contributed by atoms with Crippen LogP contribution < -0.4 is 5.73 Å². The van der Waals surface area contributed by atoms with Crippen LogP contribution in [0.5, 0.6) is 0 Å². The third-order valence-corrected chi connectivity index (χ3v) is 2.64. The standard InChI is InChI=1S/C13H17N3O3/c1-2-18-11(9-6-4-3-5-7-9)12-15-13(19-16-12)10(14)8-17/h3-7,10-11,17H,2,8,14H2,1H3/t10-,11?/m0/s1. The van der Waals surface area contributed by atoms with Crippen LogP contribution in [0.4, 0.5) is 0 Å². The number of hydrogen-bond donors (Lipinski definition) is 2. The van der Waals surface area contributed by atoms with Gasteiger partial charge in [0, 0.05) is 6.61 Å². The Morgan fingerprint density at radius 2 is 2.11 bits per heavy atom. The van der Waals surface area contributed by atoms with Crippen LogP contribution in [0.3, 0.4) is 0 Å². The van der Waals surface area contributed by atoms with Gasteiger partial charge < -0.3 is 20.1 Å². The SMILES string of the molecule is CCOC(c1ccccc1)c1noc([C@@H](N)CO)n1. The molecule has 1 unspecified atom stereocenters. The molecule has 0 aliphatic carbocycles. The summed E-state index contributed by atoms with van der Waals surface area (Å²) in [5, 5.41) is 12.9. The smallest absolute Gasteiger partial charge is 0.246 e. The summed E-state index contributed by atoms with van der Waals surface area (Å²) in [7, 11) is 0. The Hall–Kier alpha value is -1.76. The summed E-state index contributed by atoms with van der Waals surface area (Å²) in [4.78, 5) is 4.19. The van der Waals surface area contributed by atoms with Crippen molar-refractivity contribution < 1.29 is 14.4 Å². The molecule has 6 heteroatoms. The van der Waals surface area contributed by atoms with Gasteiger partial charge in [0.25, 0.3) is 0 Å². The van der Waals surface area contributed by atoms with E-state index >= 15 is 0 Å². The summed E-state index contributed by atoms with van der Waals surface area (Å²) in [5.41, 5.74) is 6.57. The molecular weight excluding hydrogens is 246 g/mol. The van der Waals surface area contributed by atoms with Gasteiger partial charge in [-0.05, 0) is 12.5 Å². The van der Waals surface area contributed by atoms with E-state index in [1.165, 1.54) is 0 Å². The molecule has 2 aromatic rings. The summed E-state index contributed by atoms with van der Waals surface area (Å²) < 4.78 is 10.7. The molecule has 0 spiro atoms. The van der Waals surface area contributed by atoms with Gasteiger partial charge in [0.1, 0.15) is 12.1 Å². The van der Waals surface area contributed by atoms with Gasteiger partial charge in [0.15, 0.2) is 0 Å². The predicted molar refractivity (Wildman–Crippen MR) is 68.2 cm³/mol. The van der Waals surface area contributed by atoms with E-state index in [9.17, 15) is 0 Å². The number of rotatable bonds is 6. The zero-order valence-electron chi connectivity index (χ0n) is 10.7. The van der Waals surface area contributed by atoms with Crippen LogP contribution in [0.15, 0.2) is 34.9 Å². The highest BCUT2D eigenvalue weighted by Crippen LogP contribution is 2.24. The molecule has 19 heavy (non-hydrogen) atoms. The summed E-state index contributed by atoms with van der Waals surface area (Å²) in [6.45, 7) is 2.18. The van der Waals surface area contributed by atoms with Crippen LogP contribution in [-0.2, 0) is 4.74 Å². The van der Waals surface area contributed by atoms with Gasteiger partial charge in [-0.2, -0.15) is 4.98 Å². The van der Waals surface area contributed by atoms with Crippen molar-refractivity contribution in [3.63, 3.8) is 0 Å². The van der Waals surface area contributed by atoms with E-state index in [1.807, 2.05) is 37.3 Å². The monoisotopic (exact) mass is 263 g/mol. The molecule has 0 saturated carbocycles. The molecule has 0 aliphatic rings. The largest absolute Gasteiger partial charge is 0.394 e. The summed E-state index contributed by atoms with van der Waals surface area (Å²) in [6, 6.07) is 8.96. The van der Waals surface area contributed by atoms with Crippen LogP contribution in [0.1, 0.15) is 36.3 Å². The Balaban J connectivity index is 2.27. The van der Waals surface area contributed by atoms with E-state index in [4.69, 9.17) is 20.1 Å². The molecule has 1 aromatic heterocycles. The molecule has 6 nitrogen and oxygen atoms in total. The second-order valence-electron chi connectivity index (χ2n) is 4.03. The highest BCUT2D eigenvalue weighted by molar-refractivity contribution is 5.22. The van der Waals surface area contributed by atoms with Gasteiger partial charge in [-0.3, -0.25) is 0 Å². The first kappa shape index (κ1) is 13.7. The molecule has 1 aromatic carbocycles. The van der Waals surface area contributed by atoms with Crippen LogP contribution in [0.25, 0.3) is 0 Å². The van der Waals surface area contributed by atoms with Gasteiger partial charge in [-0.15, -0.1) is 0 Å². The number of nitrogens with zero attached hydrogens (tertiary/aromatic N) is 2. The maximum absolute atomic E-state index is 8.97. The summed E-state index contributed by atoms with van der Waals surface area (Å²) >= 11 is 0. The zero-order chi connectivity index (χ0) is 13.7. The Labute approximate surface area is 111 Å². The van der Waals surface area contributed by atoms with E-state index < -0.39 is 12.1 Å². The molecule has 102 valence electrons. The molecule has 0 amide bonds. The lowest BCUT2D eigenvalue weighted by atomic mass is 10.1. The lowest BCUT2D eigenvalue weighted by Crippen LogP contribution is -2.15. The second-order valence-corrected chi connectivity index (χ2v) is 4.03. The van der Waals surface area contributed by atoms with Gasteiger partial charge in [0.05, 0.1) is 6.61 Å². The van der Waals surface area contributed by atoms with Crippen molar-refractivity contribution in [3.8, 4) is 0 Å². The van der Waals surface area contributed by atoms with Crippen LogP contribution in [-0.4, -0.2) is 28.5 Å². The van der Waals surface area contributed by atoms with Crippen molar-refractivity contribution in [1.29, 1.82) is 0 Å². The van der Waals surface area contributed by atoms with Crippen molar-refractivity contribution in [2.45, 2.75) is 19.1 Å². The van der Waals surface area contributed by atoms with E-state index in [1.54, 1.807) is 0 Å². The number of aromatic nitrogens is 2. The van der Waals surface area contributed by atoms with E-state index in [-0.39, 0.29) is 12.5 Å². The topological polar surface area (TPSA) is 94.4 Å². The van der Waals surface area contributed by atoms with Crippen molar-refractivity contribution >= 4 is 0 Å². The van der Waals surface area contributed by atoms with Gasteiger partial charge >= 0.3 is 0 Å². The maximum atomic E-state index is 8.97. The Morgan fingerprint density at radius 3 is 2.74 bits per heavy atom. The quantitative estimate of drug-likeness (QED) is 0.813. The molecule has 2 atom stereocenters. The Kier molecular flexibility index (Phi) is 4.62. The van der Waals surface area contributed by atoms with Gasteiger partial charge in [-0.1, -0.05) is 35.5 Å². The molecule has 0 fully saturated rings. The first-order chi connectivity index (χ1) is 9.26. The average Bonchev–Trinajstić information content (AvgIpc) is 2.94. The van der Waals surface area contributed by atoms with E-state index in [2.05, 4.69) is 10.1 Å². The molecule has 0 aliphatic heterocycles. The Bertz CT molecular complexity index is 501. The molecular formula is C13H17N3O3. The molecule has 1 heterocycles. The fourth-order valence-corrected chi connectivity index (χ4v) is 1.70. The van der Waals surface area contributed by atoms with Crippen molar-refractivity contribution in [2.75, 3.05) is 13.2 Å². The first-order valence-electron chi connectivity index (χ1n) is 6.12. The highest BCUT2D eigenvalue weighted by Gasteiger charge is 2.22.